The zero-order valence-corrected chi connectivity index (χ0v) is 17.1. The number of methoxy groups -OCH3 is 2. The Morgan fingerprint density at radius 2 is 1.79 bits per heavy atom. The summed E-state index contributed by atoms with van der Waals surface area (Å²) in [7, 11) is 3.20. The van der Waals surface area contributed by atoms with E-state index in [1.807, 2.05) is 18.2 Å². The second-order valence-electron chi connectivity index (χ2n) is 7.18. The molecular formula is C22H30N4O3. The van der Waals surface area contributed by atoms with Gasteiger partial charge in [-0.2, -0.15) is 0 Å². The van der Waals surface area contributed by atoms with E-state index in [2.05, 4.69) is 39.5 Å². The van der Waals surface area contributed by atoms with Gasteiger partial charge in [-0.15, -0.1) is 0 Å². The average molecular weight is 399 g/mol. The van der Waals surface area contributed by atoms with E-state index in [0.717, 1.165) is 37.2 Å². The summed E-state index contributed by atoms with van der Waals surface area (Å²) in [5.41, 5.74) is 9.12. The fraction of sp³-hybridized carbons (Fsp3) is 0.409. The van der Waals surface area contributed by atoms with Crippen LogP contribution in [0, 0.1) is 5.92 Å². The fourth-order valence-corrected chi connectivity index (χ4v) is 3.46. The number of aliphatic hydroxyl groups excluding tert-OH is 1. The zero-order valence-electron chi connectivity index (χ0n) is 17.1. The molecule has 0 saturated carbocycles. The first kappa shape index (κ1) is 20.8. The second kappa shape index (κ2) is 10.0. The summed E-state index contributed by atoms with van der Waals surface area (Å²) < 4.78 is 10.5. The molecule has 0 radical (unpaired) electrons. The number of piperidine rings is 1. The van der Waals surface area contributed by atoms with Crippen molar-refractivity contribution in [3.05, 3.63) is 48.0 Å². The van der Waals surface area contributed by atoms with Crippen LogP contribution in [0.2, 0.25) is 0 Å². The standard InChI is InChI=1S/C22H30N4O3/c1-28-20-8-5-18(13-21(20)29-2)25-22(23)24-14-16-3-6-19(7-4-16)26-11-9-17(15-27)10-12-26/h3-8,13,17,27H,9-12,14-15H2,1-2H3,(H3,23,24,25). The number of nitrogens with two attached hydrogens (primary N) is 1. The third-order valence-corrected chi connectivity index (χ3v) is 5.26. The molecule has 0 unspecified atom stereocenters. The lowest BCUT2D eigenvalue weighted by atomic mass is 9.97. The lowest BCUT2D eigenvalue weighted by molar-refractivity contribution is 0.203. The van der Waals surface area contributed by atoms with E-state index in [4.69, 9.17) is 15.2 Å². The second-order valence-corrected chi connectivity index (χ2v) is 7.18. The normalized spacial score (nSPS) is 15.3. The molecule has 2 aromatic rings. The van der Waals surface area contributed by atoms with Crippen molar-refractivity contribution in [3.63, 3.8) is 0 Å². The summed E-state index contributed by atoms with van der Waals surface area (Å²) in [5.74, 6) is 2.08. The molecule has 29 heavy (non-hydrogen) atoms. The van der Waals surface area contributed by atoms with Crippen LogP contribution in [0.1, 0.15) is 18.4 Å². The van der Waals surface area contributed by atoms with Crippen LogP contribution in [-0.2, 0) is 6.54 Å². The van der Waals surface area contributed by atoms with Crippen molar-refractivity contribution < 1.29 is 14.6 Å². The number of ether oxygens (including phenoxy) is 2. The Morgan fingerprint density at radius 1 is 1.10 bits per heavy atom. The van der Waals surface area contributed by atoms with Crippen LogP contribution >= 0.6 is 0 Å². The first-order valence-electron chi connectivity index (χ1n) is 9.86. The fourth-order valence-electron chi connectivity index (χ4n) is 3.46. The van der Waals surface area contributed by atoms with Gasteiger partial charge in [0, 0.05) is 37.1 Å². The molecule has 0 aliphatic carbocycles. The van der Waals surface area contributed by atoms with Crippen LogP contribution in [-0.4, -0.2) is 45.0 Å². The number of hydrogen-bond donors (Lipinski definition) is 3. The number of anilines is 2. The Kier molecular flexibility index (Phi) is 7.19. The van der Waals surface area contributed by atoms with Gasteiger partial charge >= 0.3 is 0 Å². The third-order valence-electron chi connectivity index (χ3n) is 5.26. The molecule has 1 fully saturated rings. The van der Waals surface area contributed by atoms with Crippen molar-refractivity contribution in [1.29, 1.82) is 0 Å². The highest BCUT2D eigenvalue weighted by Gasteiger charge is 2.18. The smallest absolute Gasteiger partial charge is 0.193 e. The van der Waals surface area contributed by atoms with Gasteiger partial charge in [-0.25, -0.2) is 4.99 Å². The predicted octanol–water partition coefficient (Wildman–Crippen LogP) is 2.84. The Labute approximate surface area is 172 Å². The first-order chi connectivity index (χ1) is 14.1. The number of nitrogens with zero attached hydrogens (tertiary/aromatic N) is 2. The van der Waals surface area contributed by atoms with Crippen LogP contribution in [0.15, 0.2) is 47.5 Å². The lowest BCUT2D eigenvalue weighted by Gasteiger charge is -2.32. The van der Waals surface area contributed by atoms with E-state index < -0.39 is 0 Å². The molecule has 2 aromatic carbocycles. The van der Waals surface area contributed by atoms with Gasteiger partial charge in [0.2, 0.25) is 0 Å². The largest absolute Gasteiger partial charge is 0.493 e. The maximum absolute atomic E-state index is 9.27. The molecule has 0 amide bonds. The minimum atomic E-state index is 0.295. The van der Waals surface area contributed by atoms with Gasteiger partial charge in [-0.3, -0.25) is 0 Å². The van der Waals surface area contributed by atoms with Gasteiger partial charge in [0.05, 0.1) is 20.8 Å². The number of aliphatic imine (C=N–C) groups is 1. The van der Waals surface area contributed by atoms with E-state index in [-0.39, 0.29) is 0 Å². The van der Waals surface area contributed by atoms with Crippen molar-refractivity contribution >= 4 is 17.3 Å². The minimum absolute atomic E-state index is 0.295. The van der Waals surface area contributed by atoms with Crippen LogP contribution in [0.25, 0.3) is 0 Å². The Bertz CT molecular complexity index is 815. The number of aliphatic hydroxyl groups is 1. The van der Waals surface area contributed by atoms with Gasteiger partial charge in [-0.05, 0) is 48.6 Å². The minimum Gasteiger partial charge on any atom is -0.493 e. The monoisotopic (exact) mass is 398 g/mol. The summed E-state index contributed by atoms with van der Waals surface area (Å²) in [5, 5.41) is 12.3. The summed E-state index contributed by atoms with van der Waals surface area (Å²) in [6.45, 7) is 2.78. The van der Waals surface area contributed by atoms with E-state index in [1.54, 1.807) is 14.2 Å². The molecule has 7 heteroatoms. The highest BCUT2D eigenvalue weighted by Crippen LogP contribution is 2.29. The Morgan fingerprint density at radius 3 is 2.41 bits per heavy atom. The highest BCUT2D eigenvalue weighted by molar-refractivity contribution is 5.92. The number of hydrogen-bond acceptors (Lipinski definition) is 5. The van der Waals surface area contributed by atoms with Gasteiger partial charge in [0.25, 0.3) is 0 Å². The highest BCUT2D eigenvalue weighted by atomic mass is 16.5. The quantitative estimate of drug-likeness (QED) is 0.491. The maximum Gasteiger partial charge on any atom is 0.193 e. The van der Waals surface area contributed by atoms with Crippen molar-refractivity contribution in [2.45, 2.75) is 19.4 Å². The Hall–Kier alpha value is -2.93. The first-order valence-corrected chi connectivity index (χ1v) is 9.86. The number of nitrogens with one attached hydrogen (secondary N) is 1. The van der Waals surface area contributed by atoms with Crippen molar-refractivity contribution in [3.8, 4) is 11.5 Å². The van der Waals surface area contributed by atoms with Crippen molar-refractivity contribution in [2.24, 2.45) is 16.6 Å². The predicted molar refractivity (Wildman–Crippen MR) is 117 cm³/mol. The van der Waals surface area contributed by atoms with E-state index in [1.165, 1.54) is 5.69 Å². The van der Waals surface area contributed by atoms with Crippen LogP contribution < -0.4 is 25.4 Å². The van der Waals surface area contributed by atoms with Crippen LogP contribution in [0.3, 0.4) is 0 Å². The molecule has 1 heterocycles. The topological polar surface area (TPSA) is 92.3 Å². The lowest BCUT2D eigenvalue weighted by Crippen LogP contribution is -2.34. The number of benzene rings is 2. The average Bonchev–Trinajstić information content (AvgIpc) is 2.78. The zero-order chi connectivity index (χ0) is 20.6. The molecule has 1 aliphatic rings. The van der Waals surface area contributed by atoms with E-state index in [9.17, 15) is 5.11 Å². The molecular weight excluding hydrogens is 368 g/mol. The molecule has 0 aromatic heterocycles. The molecule has 4 N–H and O–H groups in total. The van der Waals surface area contributed by atoms with Gasteiger partial charge in [0.1, 0.15) is 0 Å². The van der Waals surface area contributed by atoms with Crippen LogP contribution in [0.5, 0.6) is 11.5 Å². The molecule has 3 rings (SSSR count). The van der Waals surface area contributed by atoms with Crippen molar-refractivity contribution in [2.75, 3.05) is 44.1 Å². The maximum atomic E-state index is 9.27. The third kappa shape index (κ3) is 5.54. The summed E-state index contributed by atoms with van der Waals surface area (Å²) in [6, 6.07) is 13.9. The van der Waals surface area contributed by atoms with Gasteiger partial charge in [0.15, 0.2) is 17.5 Å². The number of rotatable bonds is 7. The summed E-state index contributed by atoms with van der Waals surface area (Å²) >= 11 is 0. The van der Waals surface area contributed by atoms with Crippen molar-refractivity contribution in [1.82, 2.24) is 0 Å². The molecule has 1 saturated heterocycles. The van der Waals surface area contributed by atoms with E-state index >= 15 is 0 Å². The molecule has 0 spiro atoms. The molecule has 156 valence electrons. The van der Waals surface area contributed by atoms with Crippen LogP contribution in [0.4, 0.5) is 11.4 Å². The van der Waals surface area contributed by atoms with Gasteiger partial charge < -0.3 is 30.5 Å². The van der Waals surface area contributed by atoms with E-state index in [0.29, 0.717) is 36.5 Å². The summed E-state index contributed by atoms with van der Waals surface area (Å²) in [6.07, 6.45) is 2.09. The summed E-state index contributed by atoms with van der Waals surface area (Å²) in [4.78, 5) is 6.79. The molecule has 0 atom stereocenters. The SMILES string of the molecule is COc1ccc(NC(N)=NCc2ccc(N3CCC(CO)CC3)cc2)cc1OC. The Balaban J connectivity index is 1.55. The van der Waals surface area contributed by atoms with Gasteiger partial charge in [-0.1, -0.05) is 12.1 Å². The molecule has 0 bridgehead atoms. The molecule has 1 aliphatic heterocycles. The number of guanidine groups is 1. The molecule has 7 nitrogen and oxygen atoms in total.